The largest absolute Gasteiger partial charge is 0.465 e. The maximum absolute atomic E-state index is 12.9. The van der Waals surface area contributed by atoms with Crippen molar-refractivity contribution >= 4 is 11.7 Å². The summed E-state index contributed by atoms with van der Waals surface area (Å²) in [6, 6.07) is 10.4. The molecule has 2 heterocycles. The third kappa shape index (κ3) is 5.18. The van der Waals surface area contributed by atoms with E-state index in [1.165, 1.54) is 19.1 Å². The van der Waals surface area contributed by atoms with E-state index >= 15 is 0 Å². The minimum Gasteiger partial charge on any atom is -0.465 e. The Hall–Kier alpha value is -2.95. The van der Waals surface area contributed by atoms with Crippen molar-refractivity contribution in [1.82, 2.24) is 0 Å². The average Bonchev–Trinajstić information content (AvgIpc) is 3.31. The first-order valence-electron chi connectivity index (χ1n) is 12.0. The molecule has 1 fully saturated rings. The number of piperidine rings is 1. The molecule has 2 aliphatic rings. The van der Waals surface area contributed by atoms with Gasteiger partial charge in [0.05, 0.1) is 18.4 Å². The SMILES string of the molecule is COC(=O)c1cc([C@@H](C)CCC=C(C)C)c(-c2ccc3c(c2)OCO3)cc1N1CCCCC1. The molecule has 2 aromatic rings. The van der Waals surface area contributed by atoms with Crippen molar-refractivity contribution in [3.05, 3.63) is 53.1 Å². The number of anilines is 1. The van der Waals surface area contributed by atoms with E-state index in [1.807, 2.05) is 6.07 Å². The van der Waals surface area contributed by atoms with Gasteiger partial charge in [0, 0.05) is 13.1 Å². The number of esters is 1. The molecule has 0 saturated carbocycles. The molecule has 0 spiro atoms. The van der Waals surface area contributed by atoms with Gasteiger partial charge in [-0.05, 0) is 92.8 Å². The first-order valence-corrected chi connectivity index (χ1v) is 12.0. The number of nitrogens with zero attached hydrogens (tertiary/aromatic N) is 1. The van der Waals surface area contributed by atoms with Gasteiger partial charge in [0.25, 0.3) is 0 Å². The molecule has 4 rings (SSSR count). The molecule has 0 radical (unpaired) electrons. The third-order valence-electron chi connectivity index (χ3n) is 6.64. The number of fused-ring (bicyclic) bond motifs is 1. The van der Waals surface area contributed by atoms with Crippen molar-refractivity contribution in [2.75, 3.05) is 31.9 Å². The molecule has 0 bridgehead atoms. The number of hydrogen-bond donors (Lipinski definition) is 0. The van der Waals surface area contributed by atoms with E-state index < -0.39 is 0 Å². The summed E-state index contributed by atoms with van der Waals surface area (Å²) in [5.41, 5.74) is 6.35. The number of ether oxygens (including phenoxy) is 3. The Balaban J connectivity index is 1.83. The average molecular weight is 450 g/mol. The van der Waals surface area contributed by atoms with Crippen molar-refractivity contribution in [2.24, 2.45) is 0 Å². The highest BCUT2D eigenvalue weighted by atomic mass is 16.7. The molecular weight excluding hydrogens is 414 g/mol. The quantitative estimate of drug-likeness (QED) is 0.347. The first kappa shape index (κ1) is 23.2. The second-order valence-electron chi connectivity index (χ2n) is 9.32. The molecular formula is C28H35NO4. The molecule has 0 aliphatic carbocycles. The van der Waals surface area contributed by atoms with E-state index in [1.54, 1.807) is 0 Å². The molecule has 176 valence electrons. The number of carbonyl (C=O) groups excluding carboxylic acids is 1. The smallest absolute Gasteiger partial charge is 0.339 e. The standard InChI is InChI=1S/C28H35NO4/c1-19(2)9-8-10-20(3)22-16-24(28(30)31-4)25(29-13-6-5-7-14-29)17-23(22)21-11-12-26-27(15-21)33-18-32-26/h9,11-12,15-17,20H,5-8,10,13-14,18H2,1-4H3/t20-/m0/s1. The van der Waals surface area contributed by atoms with Crippen LogP contribution in [-0.4, -0.2) is 33.0 Å². The van der Waals surface area contributed by atoms with Crippen molar-refractivity contribution in [3.8, 4) is 22.6 Å². The fourth-order valence-corrected chi connectivity index (χ4v) is 4.77. The number of allylic oxidation sites excluding steroid dienone is 2. The molecule has 2 aliphatic heterocycles. The van der Waals surface area contributed by atoms with Crippen LogP contribution in [0.2, 0.25) is 0 Å². The number of rotatable bonds is 7. The summed E-state index contributed by atoms with van der Waals surface area (Å²) in [7, 11) is 1.46. The zero-order valence-electron chi connectivity index (χ0n) is 20.3. The minimum absolute atomic E-state index is 0.255. The Morgan fingerprint density at radius 1 is 1.09 bits per heavy atom. The lowest BCUT2D eigenvalue weighted by Gasteiger charge is -2.31. The Bertz CT molecular complexity index is 1030. The van der Waals surface area contributed by atoms with Crippen LogP contribution in [0.15, 0.2) is 42.0 Å². The van der Waals surface area contributed by atoms with Gasteiger partial charge in [-0.1, -0.05) is 24.6 Å². The highest BCUT2D eigenvalue weighted by Gasteiger charge is 2.25. The van der Waals surface area contributed by atoms with Crippen LogP contribution in [0.1, 0.15) is 74.7 Å². The molecule has 0 aromatic heterocycles. The minimum atomic E-state index is -0.273. The summed E-state index contributed by atoms with van der Waals surface area (Å²) in [6.07, 6.45) is 7.80. The van der Waals surface area contributed by atoms with Gasteiger partial charge in [-0.25, -0.2) is 4.79 Å². The fourth-order valence-electron chi connectivity index (χ4n) is 4.77. The topological polar surface area (TPSA) is 48.0 Å². The van der Waals surface area contributed by atoms with Crippen LogP contribution in [0, 0.1) is 0 Å². The zero-order chi connectivity index (χ0) is 23.4. The highest BCUT2D eigenvalue weighted by Crippen LogP contribution is 2.42. The van der Waals surface area contributed by atoms with Crippen molar-refractivity contribution in [1.29, 1.82) is 0 Å². The number of hydrogen-bond acceptors (Lipinski definition) is 5. The summed E-state index contributed by atoms with van der Waals surface area (Å²) in [5, 5.41) is 0. The lowest BCUT2D eigenvalue weighted by molar-refractivity contribution is 0.0601. The van der Waals surface area contributed by atoms with Crippen LogP contribution < -0.4 is 14.4 Å². The molecule has 1 atom stereocenters. The van der Waals surface area contributed by atoms with Crippen molar-refractivity contribution < 1.29 is 19.0 Å². The Morgan fingerprint density at radius 3 is 2.58 bits per heavy atom. The van der Waals surface area contributed by atoms with Crippen LogP contribution in [0.25, 0.3) is 11.1 Å². The molecule has 0 unspecified atom stereocenters. The number of methoxy groups -OCH3 is 1. The van der Waals surface area contributed by atoms with E-state index in [0.717, 1.165) is 72.6 Å². The summed E-state index contributed by atoms with van der Waals surface area (Å²) in [6.45, 7) is 8.67. The molecule has 2 aromatic carbocycles. The molecule has 0 N–H and O–H groups in total. The highest BCUT2D eigenvalue weighted by molar-refractivity contribution is 5.98. The predicted molar refractivity (Wildman–Crippen MR) is 132 cm³/mol. The summed E-state index contributed by atoms with van der Waals surface area (Å²) in [5.74, 6) is 1.55. The number of carbonyl (C=O) groups is 1. The zero-order valence-corrected chi connectivity index (χ0v) is 20.3. The normalized spacial score (nSPS) is 15.8. The van der Waals surface area contributed by atoms with Gasteiger partial charge in [-0.2, -0.15) is 0 Å². The maximum Gasteiger partial charge on any atom is 0.339 e. The van der Waals surface area contributed by atoms with Gasteiger partial charge in [-0.3, -0.25) is 0 Å². The van der Waals surface area contributed by atoms with Crippen LogP contribution >= 0.6 is 0 Å². The lowest BCUT2D eigenvalue weighted by Crippen LogP contribution is -2.31. The fraction of sp³-hybridized carbons (Fsp3) is 0.464. The van der Waals surface area contributed by atoms with Gasteiger partial charge < -0.3 is 19.1 Å². The van der Waals surface area contributed by atoms with Crippen LogP contribution in [0.5, 0.6) is 11.5 Å². The summed E-state index contributed by atoms with van der Waals surface area (Å²) in [4.78, 5) is 15.2. The summed E-state index contributed by atoms with van der Waals surface area (Å²) < 4.78 is 16.4. The Kier molecular flexibility index (Phi) is 7.26. The Labute approximate surface area is 197 Å². The predicted octanol–water partition coefficient (Wildman–Crippen LogP) is 6.71. The monoisotopic (exact) mass is 449 g/mol. The molecule has 0 amide bonds. The van der Waals surface area contributed by atoms with E-state index in [4.69, 9.17) is 14.2 Å². The van der Waals surface area contributed by atoms with Gasteiger partial charge in [-0.15, -0.1) is 0 Å². The molecule has 33 heavy (non-hydrogen) atoms. The van der Waals surface area contributed by atoms with Gasteiger partial charge in [0.1, 0.15) is 0 Å². The van der Waals surface area contributed by atoms with Crippen molar-refractivity contribution in [3.63, 3.8) is 0 Å². The molecule has 1 saturated heterocycles. The van der Waals surface area contributed by atoms with Gasteiger partial charge in [0.2, 0.25) is 6.79 Å². The van der Waals surface area contributed by atoms with E-state index in [0.29, 0.717) is 5.56 Å². The van der Waals surface area contributed by atoms with Gasteiger partial charge >= 0.3 is 5.97 Å². The first-order chi connectivity index (χ1) is 16.0. The second kappa shape index (κ2) is 10.3. The van der Waals surface area contributed by atoms with E-state index in [-0.39, 0.29) is 18.7 Å². The van der Waals surface area contributed by atoms with Gasteiger partial charge in [0.15, 0.2) is 11.5 Å². The molecule has 5 heteroatoms. The molecule has 5 nitrogen and oxygen atoms in total. The van der Waals surface area contributed by atoms with Crippen LogP contribution in [0.4, 0.5) is 5.69 Å². The van der Waals surface area contributed by atoms with E-state index in [2.05, 4.69) is 56.0 Å². The lowest BCUT2D eigenvalue weighted by atomic mass is 9.86. The maximum atomic E-state index is 12.9. The third-order valence-corrected chi connectivity index (χ3v) is 6.64. The van der Waals surface area contributed by atoms with Crippen LogP contribution in [-0.2, 0) is 4.74 Å². The van der Waals surface area contributed by atoms with E-state index in [9.17, 15) is 4.79 Å². The van der Waals surface area contributed by atoms with Crippen LogP contribution in [0.3, 0.4) is 0 Å². The number of benzene rings is 2. The van der Waals surface area contributed by atoms with Crippen molar-refractivity contribution in [2.45, 2.75) is 58.8 Å². The Morgan fingerprint density at radius 2 is 1.85 bits per heavy atom. The second-order valence-corrected chi connectivity index (χ2v) is 9.32. The summed E-state index contributed by atoms with van der Waals surface area (Å²) >= 11 is 0.